The van der Waals surface area contributed by atoms with Crippen LogP contribution in [0.4, 0.5) is 0 Å². The highest BCUT2D eigenvalue weighted by molar-refractivity contribution is 5.98. The summed E-state index contributed by atoms with van der Waals surface area (Å²) >= 11 is 0. The van der Waals surface area contributed by atoms with Gasteiger partial charge in [0.2, 0.25) is 0 Å². The summed E-state index contributed by atoms with van der Waals surface area (Å²) in [6.07, 6.45) is 4.44. The quantitative estimate of drug-likeness (QED) is 0.642. The molecule has 0 spiro atoms. The largest absolute Gasteiger partial charge is 0.488 e. The number of amides is 1. The van der Waals surface area contributed by atoms with E-state index in [-0.39, 0.29) is 11.4 Å². The molecule has 1 aliphatic rings. The van der Waals surface area contributed by atoms with E-state index in [1.807, 2.05) is 0 Å². The fraction of sp³-hybridized carbons (Fsp3) is 0.480. The molecule has 1 heterocycles. The minimum absolute atomic E-state index is 0.242. The molecule has 0 aliphatic heterocycles. The molecular formula is C25H32N2O5. The number of carbonyl (C=O) groups is 2. The molecule has 1 aliphatic carbocycles. The molecule has 0 saturated heterocycles. The van der Waals surface area contributed by atoms with E-state index >= 15 is 0 Å². The van der Waals surface area contributed by atoms with Crippen molar-refractivity contribution in [1.29, 1.82) is 0 Å². The number of rotatable bonds is 8. The molecule has 1 fully saturated rings. The van der Waals surface area contributed by atoms with Crippen molar-refractivity contribution in [3.63, 3.8) is 0 Å². The van der Waals surface area contributed by atoms with E-state index in [0.717, 1.165) is 12.8 Å². The maximum absolute atomic E-state index is 12.9. The van der Waals surface area contributed by atoms with E-state index < -0.39 is 17.4 Å². The predicted molar refractivity (Wildman–Crippen MR) is 121 cm³/mol. The first-order valence-corrected chi connectivity index (χ1v) is 11.0. The topological polar surface area (TPSA) is 97.8 Å². The lowest BCUT2D eigenvalue weighted by molar-refractivity contribution is -0.146. The number of methoxy groups -OCH3 is 1. The Morgan fingerprint density at radius 1 is 1.22 bits per heavy atom. The molecule has 0 unspecified atom stereocenters. The second-order valence-corrected chi connectivity index (χ2v) is 8.78. The molecule has 0 bridgehead atoms. The molecule has 32 heavy (non-hydrogen) atoms. The Morgan fingerprint density at radius 3 is 2.59 bits per heavy atom. The summed E-state index contributed by atoms with van der Waals surface area (Å²) < 4.78 is 11.2. The average Bonchev–Trinajstić information content (AvgIpc) is 2.77. The highest BCUT2D eigenvalue weighted by Crippen LogP contribution is 2.33. The molecule has 1 amide bonds. The molecule has 1 aromatic carbocycles. The Balaban J connectivity index is 1.72. The minimum Gasteiger partial charge on any atom is -0.488 e. The molecule has 1 saturated carbocycles. The van der Waals surface area contributed by atoms with Crippen LogP contribution < -0.4 is 14.8 Å². The second-order valence-electron chi connectivity index (χ2n) is 8.78. The van der Waals surface area contributed by atoms with Gasteiger partial charge < -0.3 is 19.9 Å². The Hall–Kier alpha value is -3.09. The zero-order valence-corrected chi connectivity index (χ0v) is 19.2. The van der Waals surface area contributed by atoms with Crippen molar-refractivity contribution in [1.82, 2.24) is 10.3 Å². The van der Waals surface area contributed by atoms with Crippen LogP contribution in [0.25, 0.3) is 0 Å². The van der Waals surface area contributed by atoms with Crippen molar-refractivity contribution in [3.8, 4) is 11.6 Å². The Morgan fingerprint density at radius 2 is 1.94 bits per heavy atom. The summed E-state index contributed by atoms with van der Waals surface area (Å²) in [5.74, 6) is -0.381. The standard InChI is InChI=1S/C25H32N2O5/c1-16-7-10-25(11-8-16,24(29)30)27-22(28)20-14-21(23(31-4)26-15-20)32-12-9-19-13-17(2)5-6-18(19)3/h5-6,13-16H,7-12H2,1-4H3,(H,27,28)(H,29,30). The van der Waals surface area contributed by atoms with Crippen molar-refractivity contribution in [3.05, 3.63) is 52.7 Å². The summed E-state index contributed by atoms with van der Waals surface area (Å²) in [7, 11) is 1.49. The van der Waals surface area contributed by atoms with Crippen LogP contribution in [-0.4, -0.2) is 41.2 Å². The SMILES string of the molecule is COc1ncc(C(=O)NC2(C(=O)O)CCC(C)CC2)cc1OCCc1cc(C)ccc1C. The molecule has 172 valence electrons. The molecule has 7 nitrogen and oxygen atoms in total. The molecule has 0 atom stereocenters. The fourth-order valence-electron chi connectivity index (χ4n) is 4.09. The van der Waals surface area contributed by atoms with Gasteiger partial charge >= 0.3 is 5.97 Å². The number of aryl methyl sites for hydroxylation is 2. The predicted octanol–water partition coefficient (Wildman–Crippen LogP) is 4.09. The highest BCUT2D eigenvalue weighted by Gasteiger charge is 2.42. The van der Waals surface area contributed by atoms with Crippen LogP contribution in [0.5, 0.6) is 11.6 Å². The van der Waals surface area contributed by atoms with Gasteiger partial charge in [0, 0.05) is 18.7 Å². The van der Waals surface area contributed by atoms with Gasteiger partial charge in [-0.3, -0.25) is 4.79 Å². The molecular weight excluding hydrogens is 408 g/mol. The molecule has 2 N–H and O–H groups in total. The zero-order valence-electron chi connectivity index (χ0n) is 19.2. The van der Waals surface area contributed by atoms with Gasteiger partial charge in [-0.2, -0.15) is 0 Å². The van der Waals surface area contributed by atoms with E-state index in [1.165, 1.54) is 30.0 Å². The lowest BCUT2D eigenvalue weighted by atomic mass is 9.77. The number of nitrogens with one attached hydrogen (secondary N) is 1. The number of nitrogens with zero attached hydrogens (tertiary/aromatic N) is 1. The summed E-state index contributed by atoms with van der Waals surface area (Å²) in [6, 6.07) is 7.85. The lowest BCUT2D eigenvalue weighted by Gasteiger charge is -2.36. The summed E-state index contributed by atoms with van der Waals surface area (Å²) in [5, 5.41) is 12.6. The summed E-state index contributed by atoms with van der Waals surface area (Å²) in [4.78, 5) is 29.1. The third-order valence-electron chi connectivity index (χ3n) is 6.30. The highest BCUT2D eigenvalue weighted by atomic mass is 16.5. The number of hydrogen-bond acceptors (Lipinski definition) is 5. The minimum atomic E-state index is -1.24. The Bertz CT molecular complexity index is 980. The van der Waals surface area contributed by atoms with Crippen LogP contribution in [0.1, 0.15) is 59.7 Å². The third-order valence-corrected chi connectivity index (χ3v) is 6.30. The van der Waals surface area contributed by atoms with Crippen LogP contribution in [-0.2, 0) is 11.2 Å². The lowest BCUT2D eigenvalue weighted by Crippen LogP contribution is -2.56. The number of carboxylic acids is 1. The molecule has 0 radical (unpaired) electrons. The number of carboxylic acid groups (broad SMARTS) is 1. The van der Waals surface area contributed by atoms with E-state index in [0.29, 0.717) is 37.5 Å². The number of ether oxygens (including phenoxy) is 2. The van der Waals surface area contributed by atoms with Crippen molar-refractivity contribution in [2.75, 3.05) is 13.7 Å². The number of aromatic nitrogens is 1. The normalized spacial score (nSPS) is 20.4. The van der Waals surface area contributed by atoms with Gasteiger partial charge in [-0.1, -0.05) is 30.7 Å². The third kappa shape index (κ3) is 5.39. The summed E-state index contributed by atoms with van der Waals surface area (Å²) in [6.45, 7) is 6.61. The number of pyridine rings is 1. The number of aliphatic carboxylic acids is 1. The Labute approximate surface area is 189 Å². The van der Waals surface area contributed by atoms with Crippen molar-refractivity contribution in [2.45, 2.75) is 58.4 Å². The van der Waals surface area contributed by atoms with E-state index in [4.69, 9.17) is 9.47 Å². The van der Waals surface area contributed by atoms with Crippen LogP contribution in [0, 0.1) is 19.8 Å². The first-order chi connectivity index (χ1) is 15.2. The molecule has 3 rings (SSSR count). The van der Waals surface area contributed by atoms with Gasteiger partial charge in [0.1, 0.15) is 5.54 Å². The summed E-state index contributed by atoms with van der Waals surface area (Å²) in [5.41, 5.74) is 2.58. The van der Waals surface area contributed by atoms with Crippen LogP contribution >= 0.6 is 0 Å². The molecule has 1 aromatic heterocycles. The van der Waals surface area contributed by atoms with E-state index in [9.17, 15) is 14.7 Å². The van der Waals surface area contributed by atoms with Gasteiger partial charge in [-0.15, -0.1) is 0 Å². The van der Waals surface area contributed by atoms with Gasteiger partial charge in [-0.25, -0.2) is 9.78 Å². The van der Waals surface area contributed by atoms with Gasteiger partial charge in [0.15, 0.2) is 5.75 Å². The first-order valence-electron chi connectivity index (χ1n) is 11.0. The van der Waals surface area contributed by atoms with Crippen LogP contribution in [0.3, 0.4) is 0 Å². The fourth-order valence-corrected chi connectivity index (χ4v) is 4.09. The maximum Gasteiger partial charge on any atom is 0.329 e. The van der Waals surface area contributed by atoms with Crippen LogP contribution in [0.2, 0.25) is 0 Å². The monoisotopic (exact) mass is 440 g/mol. The Kier molecular flexibility index (Phi) is 7.38. The molecule has 7 heteroatoms. The van der Waals surface area contributed by atoms with Crippen molar-refractivity contribution in [2.24, 2.45) is 5.92 Å². The first kappa shape index (κ1) is 23.6. The van der Waals surface area contributed by atoms with Gasteiger partial charge in [0.05, 0.1) is 19.3 Å². The number of hydrogen-bond donors (Lipinski definition) is 2. The van der Waals surface area contributed by atoms with E-state index in [2.05, 4.69) is 49.3 Å². The van der Waals surface area contributed by atoms with Crippen molar-refractivity contribution >= 4 is 11.9 Å². The van der Waals surface area contributed by atoms with Gasteiger partial charge in [-0.05, 0) is 56.6 Å². The van der Waals surface area contributed by atoms with Gasteiger partial charge in [0.25, 0.3) is 11.8 Å². The average molecular weight is 441 g/mol. The number of benzene rings is 1. The molecule has 2 aromatic rings. The number of carbonyl (C=O) groups excluding carboxylic acids is 1. The van der Waals surface area contributed by atoms with E-state index in [1.54, 1.807) is 6.07 Å². The van der Waals surface area contributed by atoms with Crippen molar-refractivity contribution < 1.29 is 24.2 Å². The second kappa shape index (κ2) is 10.0. The smallest absolute Gasteiger partial charge is 0.329 e. The maximum atomic E-state index is 12.9. The zero-order chi connectivity index (χ0) is 23.3. The van der Waals surface area contributed by atoms with Crippen LogP contribution in [0.15, 0.2) is 30.5 Å².